The molecule has 4 aromatic carbocycles. The number of nitrogens with zero attached hydrogens (tertiary/aromatic N) is 2. The Balaban J connectivity index is 1.40. The highest BCUT2D eigenvalue weighted by Gasteiger charge is 2.23. The van der Waals surface area contributed by atoms with Crippen molar-refractivity contribution in [3.05, 3.63) is 129 Å². The smallest absolute Gasteiger partial charge is 0.460 e. The average Bonchev–Trinajstić information content (AvgIpc) is 3.45. The maximum atomic E-state index is 15.8. The van der Waals surface area contributed by atoms with Gasteiger partial charge in [-0.25, -0.2) is 26.7 Å². The van der Waals surface area contributed by atoms with E-state index in [1.807, 2.05) is 0 Å². The van der Waals surface area contributed by atoms with E-state index in [1.165, 1.54) is 54.1 Å². The van der Waals surface area contributed by atoms with Gasteiger partial charge in [0.2, 0.25) is 0 Å². The number of imidazole rings is 1. The van der Waals surface area contributed by atoms with Crippen molar-refractivity contribution < 1.29 is 50.7 Å². The van der Waals surface area contributed by atoms with Gasteiger partial charge in [-0.2, -0.15) is 0 Å². The molecule has 17 heteroatoms. The lowest BCUT2D eigenvalue weighted by molar-refractivity contribution is -0.144. The fourth-order valence-corrected chi connectivity index (χ4v) is 7.01. The van der Waals surface area contributed by atoms with Crippen LogP contribution in [0.3, 0.4) is 0 Å². The van der Waals surface area contributed by atoms with Crippen LogP contribution < -0.4 is 4.52 Å². The van der Waals surface area contributed by atoms with E-state index in [2.05, 4.69) is 9.51 Å². The summed E-state index contributed by atoms with van der Waals surface area (Å²) in [5.74, 6) is -2.43. The second-order valence-electron chi connectivity index (χ2n) is 11.4. The Hall–Kier alpha value is -4.14. The highest BCUT2D eigenvalue weighted by molar-refractivity contribution is 7.90. The van der Waals surface area contributed by atoms with E-state index in [1.54, 1.807) is 18.2 Å². The molecule has 1 heterocycles. The number of ether oxygens (including phenoxy) is 1. The lowest BCUT2D eigenvalue weighted by atomic mass is 10.0. The standard InChI is InChI=1S/C34H29Cl2F2N2O9PS/c1-19(41)30-17-40(33(39-30)16-24-26(35)4-3-5-27(24)36)31-11-8-21(13-29(31)38)22-14-28(37)25(32(15-22)51(2,46)47)18-48-34(42)12-20-6-9-23(10-7-20)49-50(43,44)45/h3-11,13-15,17,19,41H,12,16,18H2,1-2H3,(H2,43,44,45). The number of rotatable bonds is 12. The molecule has 1 atom stereocenters. The summed E-state index contributed by atoms with van der Waals surface area (Å²) in [7, 11) is -8.85. The molecule has 5 rings (SSSR count). The van der Waals surface area contributed by atoms with Gasteiger partial charge in [0, 0.05) is 34.5 Å². The van der Waals surface area contributed by atoms with Crippen molar-refractivity contribution in [3.63, 3.8) is 0 Å². The number of hydrogen-bond acceptors (Lipinski definition) is 8. The molecule has 268 valence electrons. The van der Waals surface area contributed by atoms with Crippen molar-refractivity contribution in [1.82, 2.24) is 9.55 Å². The Morgan fingerprint density at radius 3 is 2.20 bits per heavy atom. The summed E-state index contributed by atoms with van der Waals surface area (Å²) in [6.45, 7) is 0.774. The number of carbonyl (C=O) groups is 1. The highest BCUT2D eigenvalue weighted by Crippen LogP contribution is 2.37. The van der Waals surface area contributed by atoms with Crippen LogP contribution in [0, 0.1) is 11.6 Å². The maximum Gasteiger partial charge on any atom is 0.524 e. The van der Waals surface area contributed by atoms with Gasteiger partial charge in [-0.15, -0.1) is 0 Å². The molecule has 0 amide bonds. The number of aliphatic hydroxyl groups excluding tert-OH is 1. The first-order valence-electron chi connectivity index (χ1n) is 14.9. The predicted molar refractivity (Wildman–Crippen MR) is 185 cm³/mol. The molecule has 1 unspecified atom stereocenters. The molecule has 0 bridgehead atoms. The van der Waals surface area contributed by atoms with Gasteiger partial charge >= 0.3 is 13.8 Å². The zero-order valence-corrected chi connectivity index (χ0v) is 30.0. The molecule has 0 saturated heterocycles. The molecule has 0 aliphatic rings. The molecule has 0 spiro atoms. The molecule has 0 saturated carbocycles. The van der Waals surface area contributed by atoms with Crippen LogP contribution in [0.2, 0.25) is 10.0 Å². The minimum absolute atomic E-state index is 0.0319. The third-order valence-corrected chi connectivity index (χ3v) is 9.91. The molecule has 51 heavy (non-hydrogen) atoms. The number of phosphoric ester groups is 1. The third kappa shape index (κ3) is 9.40. The Bertz CT molecular complexity index is 2260. The van der Waals surface area contributed by atoms with Crippen molar-refractivity contribution in [1.29, 1.82) is 0 Å². The van der Waals surface area contributed by atoms with Crippen molar-refractivity contribution in [2.75, 3.05) is 6.26 Å². The van der Waals surface area contributed by atoms with Crippen LogP contribution in [0.1, 0.15) is 41.2 Å². The van der Waals surface area contributed by atoms with E-state index < -0.39 is 58.4 Å². The van der Waals surface area contributed by atoms with Crippen LogP contribution >= 0.6 is 31.0 Å². The second kappa shape index (κ2) is 15.2. The number of halogens is 4. The van der Waals surface area contributed by atoms with E-state index in [0.717, 1.165) is 24.5 Å². The van der Waals surface area contributed by atoms with Crippen LogP contribution in [0.5, 0.6) is 5.75 Å². The van der Waals surface area contributed by atoms with Gasteiger partial charge in [-0.1, -0.05) is 47.5 Å². The van der Waals surface area contributed by atoms with Gasteiger partial charge in [0.15, 0.2) is 9.84 Å². The summed E-state index contributed by atoms with van der Waals surface area (Å²) >= 11 is 12.7. The first-order valence-corrected chi connectivity index (χ1v) is 19.1. The summed E-state index contributed by atoms with van der Waals surface area (Å²) in [5, 5.41) is 10.9. The monoisotopic (exact) mass is 780 g/mol. The number of carbonyl (C=O) groups excluding carboxylic acids is 1. The normalized spacial score (nSPS) is 12.5. The first-order chi connectivity index (χ1) is 23.9. The summed E-state index contributed by atoms with van der Waals surface area (Å²) < 4.78 is 78.9. The van der Waals surface area contributed by atoms with Gasteiger partial charge in [0.25, 0.3) is 0 Å². The Morgan fingerprint density at radius 1 is 0.961 bits per heavy atom. The van der Waals surface area contributed by atoms with Gasteiger partial charge in [-0.3, -0.25) is 14.6 Å². The fourth-order valence-electron chi connectivity index (χ4n) is 5.14. The summed E-state index contributed by atoms with van der Waals surface area (Å²) in [5.41, 5.74) is 0.974. The largest absolute Gasteiger partial charge is 0.524 e. The Morgan fingerprint density at radius 2 is 1.61 bits per heavy atom. The van der Waals surface area contributed by atoms with Crippen LogP contribution in [-0.4, -0.2) is 45.1 Å². The number of hydrogen-bond donors (Lipinski definition) is 3. The number of aromatic nitrogens is 2. The number of sulfone groups is 1. The van der Waals surface area contributed by atoms with Crippen molar-refractivity contribution in [3.8, 4) is 22.6 Å². The zero-order valence-electron chi connectivity index (χ0n) is 26.8. The second-order valence-corrected chi connectivity index (χ2v) is 15.4. The molecule has 0 radical (unpaired) electrons. The minimum Gasteiger partial charge on any atom is -0.460 e. The van der Waals surface area contributed by atoms with E-state index in [-0.39, 0.29) is 41.1 Å². The molecule has 0 aliphatic carbocycles. The number of benzene rings is 4. The quantitative estimate of drug-likeness (QED) is 0.0893. The van der Waals surface area contributed by atoms with E-state index >= 15 is 8.78 Å². The Labute approximate surface area is 301 Å². The van der Waals surface area contributed by atoms with Gasteiger partial charge in [0.05, 0.1) is 28.8 Å². The van der Waals surface area contributed by atoms with Crippen molar-refractivity contribution in [2.24, 2.45) is 0 Å². The first kappa shape index (κ1) is 38.1. The molecular formula is C34H29Cl2F2N2O9PS. The van der Waals surface area contributed by atoms with Crippen LogP contribution in [0.15, 0.2) is 83.9 Å². The predicted octanol–water partition coefficient (Wildman–Crippen LogP) is 6.93. The molecule has 0 aliphatic heterocycles. The van der Waals surface area contributed by atoms with Crippen molar-refractivity contribution >= 4 is 46.8 Å². The molecule has 11 nitrogen and oxygen atoms in total. The summed E-state index contributed by atoms with van der Waals surface area (Å²) in [6.07, 6.45) is 1.12. The lowest BCUT2D eigenvalue weighted by Gasteiger charge is -2.15. The van der Waals surface area contributed by atoms with Crippen LogP contribution in [0.4, 0.5) is 8.78 Å². The topological polar surface area (TPSA) is 165 Å². The van der Waals surface area contributed by atoms with Crippen LogP contribution in [-0.2, 0) is 43.4 Å². The number of aliphatic hydroxyl groups is 1. The summed E-state index contributed by atoms with van der Waals surface area (Å²) in [4.78, 5) is 34.3. The third-order valence-electron chi connectivity index (χ3n) is 7.59. The Kier molecular flexibility index (Phi) is 11.4. The number of esters is 1. The zero-order chi connectivity index (χ0) is 37.2. The minimum atomic E-state index is -4.77. The summed E-state index contributed by atoms with van der Waals surface area (Å²) in [6, 6.07) is 16.3. The van der Waals surface area contributed by atoms with Gasteiger partial charge in [-0.05, 0) is 77.7 Å². The van der Waals surface area contributed by atoms with E-state index in [4.69, 9.17) is 37.7 Å². The highest BCUT2D eigenvalue weighted by atomic mass is 35.5. The SMILES string of the molecule is CC(O)c1cn(-c2ccc(-c3cc(F)c(COC(=O)Cc4ccc(OP(=O)(O)O)cc4)c(S(C)(=O)=O)c3)cc2F)c(Cc2c(Cl)cccc2Cl)n1. The van der Waals surface area contributed by atoms with E-state index in [0.29, 0.717) is 27.0 Å². The maximum absolute atomic E-state index is 15.8. The number of phosphoric acid groups is 1. The molecule has 0 fully saturated rings. The lowest BCUT2D eigenvalue weighted by Crippen LogP contribution is -2.12. The molecule has 3 N–H and O–H groups in total. The molecule has 1 aromatic heterocycles. The molecular weight excluding hydrogens is 752 g/mol. The average molecular weight is 782 g/mol. The van der Waals surface area contributed by atoms with Crippen molar-refractivity contribution in [2.45, 2.75) is 37.4 Å². The van der Waals surface area contributed by atoms with Gasteiger partial charge in [0.1, 0.15) is 29.8 Å². The molecule has 5 aromatic rings. The van der Waals surface area contributed by atoms with E-state index in [9.17, 15) is 22.9 Å². The van der Waals surface area contributed by atoms with Crippen LogP contribution in [0.25, 0.3) is 16.8 Å². The van der Waals surface area contributed by atoms with Gasteiger partial charge < -0.3 is 18.9 Å². The fraction of sp³-hybridized carbons (Fsp3) is 0.176.